The van der Waals surface area contributed by atoms with Gasteiger partial charge >= 0.3 is 0 Å². The van der Waals surface area contributed by atoms with Gasteiger partial charge in [0.05, 0.1) is 11.5 Å². The summed E-state index contributed by atoms with van der Waals surface area (Å²) in [5.41, 5.74) is 2.74. The number of para-hydroxylation sites is 1. The molecule has 2 amide bonds. The van der Waals surface area contributed by atoms with Gasteiger partial charge in [-0.3, -0.25) is 25.5 Å². The van der Waals surface area contributed by atoms with Crippen molar-refractivity contribution in [3.8, 4) is 0 Å². The number of hydrogen-bond acceptors (Lipinski definition) is 6. The van der Waals surface area contributed by atoms with Gasteiger partial charge in [-0.2, -0.15) is 0 Å². The lowest BCUT2D eigenvalue weighted by atomic mass is 10.1. The highest BCUT2D eigenvalue weighted by Crippen LogP contribution is 2.28. The zero-order chi connectivity index (χ0) is 15.6. The SMILES string of the molecule is CN1CC(=O)N(Cc2cccc([N+](=O)[O-])c2NN)CC1=O. The molecule has 0 saturated carbocycles. The molecule has 1 fully saturated rings. The minimum Gasteiger partial charge on any atom is -0.335 e. The number of carbonyl (C=O) groups excluding carboxylic acids is 2. The average Bonchev–Trinajstić information content (AvgIpc) is 2.44. The van der Waals surface area contributed by atoms with Crippen LogP contribution in [0.15, 0.2) is 18.2 Å². The number of nitrogens with zero attached hydrogens (tertiary/aromatic N) is 3. The Morgan fingerprint density at radius 2 is 2.05 bits per heavy atom. The van der Waals surface area contributed by atoms with Crippen LogP contribution in [0, 0.1) is 10.1 Å². The number of nitrogens with one attached hydrogen (secondary N) is 1. The Morgan fingerprint density at radius 3 is 2.67 bits per heavy atom. The monoisotopic (exact) mass is 293 g/mol. The summed E-state index contributed by atoms with van der Waals surface area (Å²) in [5, 5.41) is 11.0. The van der Waals surface area contributed by atoms with Crippen LogP contribution in [0.3, 0.4) is 0 Å². The summed E-state index contributed by atoms with van der Waals surface area (Å²) in [7, 11) is 1.55. The molecular weight excluding hydrogens is 278 g/mol. The predicted molar refractivity (Wildman–Crippen MR) is 74.0 cm³/mol. The zero-order valence-electron chi connectivity index (χ0n) is 11.4. The predicted octanol–water partition coefficient (Wildman–Crippen LogP) is -0.319. The second-order valence-electron chi connectivity index (χ2n) is 4.71. The molecular formula is C12H15N5O4. The van der Waals surface area contributed by atoms with Crippen LogP contribution in [0.2, 0.25) is 0 Å². The second-order valence-corrected chi connectivity index (χ2v) is 4.71. The van der Waals surface area contributed by atoms with Gasteiger partial charge in [-0.25, -0.2) is 0 Å². The number of piperazine rings is 1. The van der Waals surface area contributed by atoms with Crippen LogP contribution in [-0.2, 0) is 16.1 Å². The fourth-order valence-electron chi connectivity index (χ4n) is 2.15. The van der Waals surface area contributed by atoms with Crippen molar-refractivity contribution in [2.45, 2.75) is 6.54 Å². The Kier molecular flexibility index (Phi) is 4.03. The van der Waals surface area contributed by atoms with Crippen molar-refractivity contribution in [1.82, 2.24) is 9.80 Å². The maximum Gasteiger partial charge on any atom is 0.293 e. The first kappa shape index (κ1) is 14.7. The van der Waals surface area contributed by atoms with E-state index in [0.717, 1.165) is 0 Å². The van der Waals surface area contributed by atoms with Crippen LogP contribution in [0.5, 0.6) is 0 Å². The van der Waals surface area contributed by atoms with E-state index in [0.29, 0.717) is 5.56 Å². The Balaban J connectivity index is 2.27. The topological polar surface area (TPSA) is 122 Å². The largest absolute Gasteiger partial charge is 0.335 e. The number of rotatable bonds is 4. The molecule has 0 atom stereocenters. The highest BCUT2D eigenvalue weighted by molar-refractivity contribution is 5.92. The fourth-order valence-corrected chi connectivity index (χ4v) is 2.15. The molecule has 0 radical (unpaired) electrons. The first-order chi connectivity index (χ1) is 9.93. The molecule has 1 heterocycles. The number of nitro groups is 1. The smallest absolute Gasteiger partial charge is 0.293 e. The van der Waals surface area contributed by atoms with E-state index in [-0.39, 0.29) is 42.8 Å². The van der Waals surface area contributed by atoms with E-state index in [1.54, 1.807) is 13.1 Å². The second kappa shape index (κ2) is 5.75. The lowest BCUT2D eigenvalue weighted by Crippen LogP contribution is -2.51. The molecule has 1 aliphatic rings. The Hall–Kier alpha value is -2.68. The van der Waals surface area contributed by atoms with E-state index in [9.17, 15) is 19.7 Å². The van der Waals surface area contributed by atoms with Crippen LogP contribution in [-0.4, -0.2) is 46.7 Å². The number of hydrazine groups is 1. The number of nitrogens with two attached hydrogens (primary N) is 1. The van der Waals surface area contributed by atoms with Gasteiger partial charge in [-0.15, -0.1) is 0 Å². The number of likely N-dealkylation sites (N-methyl/N-ethyl adjacent to an activating group) is 1. The first-order valence-corrected chi connectivity index (χ1v) is 6.18. The van der Waals surface area contributed by atoms with E-state index in [2.05, 4.69) is 5.43 Å². The molecule has 1 aromatic carbocycles. The van der Waals surface area contributed by atoms with Crippen LogP contribution >= 0.6 is 0 Å². The van der Waals surface area contributed by atoms with Crippen LogP contribution in [0.25, 0.3) is 0 Å². The third kappa shape index (κ3) is 2.92. The minimum atomic E-state index is -0.560. The van der Waals surface area contributed by atoms with Gasteiger partial charge in [0.25, 0.3) is 5.69 Å². The maximum absolute atomic E-state index is 11.9. The summed E-state index contributed by atoms with van der Waals surface area (Å²) in [4.78, 5) is 36.7. The van der Waals surface area contributed by atoms with Crippen LogP contribution in [0.4, 0.5) is 11.4 Å². The van der Waals surface area contributed by atoms with Gasteiger partial charge < -0.3 is 15.2 Å². The molecule has 0 unspecified atom stereocenters. The molecule has 0 aliphatic carbocycles. The number of hydrogen-bond donors (Lipinski definition) is 2. The van der Waals surface area contributed by atoms with Crippen molar-refractivity contribution >= 4 is 23.2 Å². The molecule has 9 heteroatoms. The normalized spacial score (nSPS) is 15.3. The number of benzene rings is 1. The van der Waals surface area contributed by atoms with Gasteiger partial charge in [-0.05, 0) is 0 Å². The molecule has 0 aromatic heterocycles. The third-order valence-electron chi connectivity index (χ3n) is 3.31. The summed E-state index contributed by atoms with van der Waals surface area (Å²) in [6, 6.07) is 4.45. The van der Waals surface area contributed by atoms with E-state index >= 15 is 0 Å². The van der Waals surface area contributed by atoms with Gasteiger partial charge in [0.2, 0.25) is 11.8 Å². The third-order valence-corrected chi connectivity index (χ3v) is 3.31. The lowest BCUT2D eigenvalue weighted by Gasteiger charge is -2.32. The van der Waals surface area contributed by atoms with Gasteiger partial charge in [-0.1, -0.05) is 12.1 Å². The Morgan fingerprint density at radius 1 is 1.33 bits per heavy atom. The maximum atomic E-state index is 11.9. The van der Waals surface area contributed by atoms with Gasteiger partial charge in [0.1, 0.15) is 12.2 Å². The quantitative estimate of drug-likeness (QED) is 0.446. The molecule has 2 rings (SSSR count). The number of nitro benzene ring substituents is 1. The number of anilines is 1. The number of carbonyl (C=O) groups is 2. The first-order valence-electron chi connectivity index (χ1n) is 6.18. The number of amides is 2. The van der Waals surface area contributed by atoms with Crippen molar-refractivity contribution in [3.05, 3.63) is 33.9 Å². The average molecular weight is 293 g/mol. The summed E-state index contributed by atoms with van der Waals surface area (Å²) in [5.74, 6) is 4.95. The van der Waals surface area contributed by atoms with Crippen molar-refractivity contribution in [2.75, 3.05) is 25.6 Å². The molecule has 3 N–H and O–H groups in total. The zero-order valence-corrected chi connectivity index (χ0v) is 11.4. The van der Waals surface area contributed by atoms with E-state index in [4.69, 9.17) is 5.84 Å². The molecule has 21 heavy (non-hydrogen) atoms. The standard InChI is InChI=1S/C12H15N5O4/c1-15-6-11(19)16(7-10(15)18)5-8-3-2-4-9(17(20)21)12(8)14-13/h2-4,14H,5-7,13H2,1H3. The van der Waals surface area contributed by atoms with Gasteiger partial charge in [0.15, 0.2) is 0 Å². The van der Waals surface area contributed by atoms with Crippen molar-refractivity contribution in [2.24, 2.45) is 5.84 Å². The molecule has 1 aliphatic heterocycles. The molecule has 1 saturated heterocycles. The van der Waals surface area contributed by atoms with E-state index < -0.39 is 4.92 Å². The lowest BCUT2D eigenvalue weighted by molar-refractivity contribution is -0.384. The minimum absolute atomic E-state index is 0.000846. The summed E-state index contributed by atoms with van der Waals surface area (Å²) >= 11 is 0. The Bertz CT molecular complexity index is 603. The molecule has 1 aromatic rings. The number of nitrogen functional groups attached to an aromatic ring is 1. The highest BCUT2D eigenvalue weighted by Gasteiger charge is 2.28. The highest BCUT2D eigenvalue weighted by atomic mass is 16.6. The molecule has 9 nitrogen and oxygen atoms in total. The van der Waals surface area contributed by atoms with Crippen molar-refractivity contribution in [3.63, 3.8) is 0 Å². The van der Waals surface area contributed by atoms with E-state index in [1.165, 1.54) is 21.9 Å². The Labute approximate surface area is 120 Å². The van der Waals surface area contributed by atoms with Crippen molar-refractivity contribution < 1.29 is 14.5 Å². The van der Waals surface area contributed by atoms with Crippen LogP contribution < -0.4 is 11.3 Å². The van der Waals surface area contributed by atoms with Crippen molar-refractivity contribution in [1.29, 1.82) is 0 Å². The summed E-state index contributed by atoms with van der Waals surface area (Å²) < 4.78 is 0. The summed E-state index contributed by atoms with van der Waals surface area (Å²) in [6.45, 7) is 0.0286. The summed E-state index contributed by atoms with van der Waals surface area (Å²) in [6.07, 6.45) is 0. The molecule has 0 bridgehead atoms. The van der Waals surface area contributed by atoms with E-state index in [1.807, 2.05) is 0 Å². The molecule has 112 valence electrons. The van der Waals surface area contributed by atoms with Gasteiger partial charge in [0, 0.05) is 25.2 Å². The fraction of sp³-hybridized carbons (Fsp3) is 0.333. The molecule has 0 spiro atoms. The van der Waals surface area contributed by atoms with Crippen LogP contribution in [0.1, 0.15) is 5.56 Å².